The number of aliphatic hydroxyl groups is 1. The molecule has 0 aliphatic heterocycles. The Labute approximate surface area is 299 Å². The first-order valence-corrected chi connectivity index (χ1v) is 18.1. The van der Waals surface area contributed by atoms with E-state index in [2.05, 4.69) is 39.8 Å². The zero-order valence-electron chi connectivity index (χ0n) is 29.2. The number of pyridine rings is 1. The first kappa shape index (κ1) is 38.2. The van der Waals surface area contributed by atoms with Gasteiger partial charge in [-0.3, -0.25) is 14.6 Å². The molecule has 0 unspecified atom stereocenters. The fourth-order valence-electron chi connectivity index (χ4n) is 5.54. The quantitative estimate of drug-likeness (QED) is 0.104. The summed E-state index contributed by atoms with van der Waals surface area (Å²) in [4.78, 5) is 48.4. The molecular weight excluding hydrogens is 651 g/mol. The second kappa shape index (κ2) is 19.5. The van der Waals surface area contributed by atoms with Gasteiger partial charge < -0.3 is 25.8 Å². The van der Waals surface area contributed by atoms with Gasteiger partial charge >= 0.3 is 6.09 Å². The van der Waals surface area contributed by atoms with Crippen molar-refractivity contribution in [2.45, 2.75) is 96.6 Å². The molecule has 4 atom stereocenters. The number of nitrogens with one attached hydrogen (secondary N) is 3. The highest BCUT2D eigenvalue weighted by Gasteiger charge is 2.31. The largest absolute Gasteiger partial charge is 0.445 e. The highest BCUT2D eigenvalue weighted by molar-refractivity contribution is 7.09. The molecule has 50 heavy (non-hydrogen) atoms. The summed E-state index contributed by atoms with van der Waals surface area (Å²) < 4.78 is 5.47. The fourth-order valence-corrected chi connectivity index (χ4v) is 6.41. The van der Waals surface area contributed by atoms with Crippen LogP contribution in [0.2, 0.25) is 0 Å². The normalized spacial score (nSPS) is 13.7. The molecule has 2 heterocycles. The average Bonchev–Trinajstić information content (AvgIpc) is 3.59. The van der Waals surface area contributed by atoms with E-state index in [9.17, 15) is 19.5 Å². The number of ether oxygens (including phenoxy) is 1. The highest BCUT2D eigenvalue weighted by atomic mass is 32.1. The number of amides is 3. The zero-order chi connectivity index (χ0) is 35.9. The van der Waals surface area contributed by atoms with Crippen LogP contribution in [-0.2, 0) is 40.2 Å². The Hall–Kier alpha value is -4.61. The minimum absolute atomic E-state index is 0.0536. The van der Waals surface area contributed by atoms with E-state index >= 15 is 0 Å². The molecule has 11 heteroatoms. The van der Waals surface area contributed by atoms with Crippen LogP contribution in [0, 0.1) is 5.92 Å². The van der Waals surface area contributed by atoms with Crippen molar-refractivity contribution < 1.29 is 24.2 Å². The Balaban J connectivity index is 1.45. The van der Waals surface area contributed by atoms with Crippen LogP contribution in [0.3, 0.4) is 0 Å². The Morgan fingerprint density at radius 2 is 1.50 bits per heavy atom. The third-order valence-corrected chi connectivity index (χ3v) is 9.49. The molecule has 3 amide bonds. The lowest BCUT2D eigenvalue weighted by Gasteiger charge is -2.30. The summed E-state index contributed by atoms with van der Waals surface area (Å²) in [5.74, 6) is -0.503. The first-order chi connectivity index (χ1) is 24.1. The average molecular weight is 700 g/mol. The van der Waals surface area contributed by atoms with Crippen molar-refractivity contribution in [3.8, 4) is 0 Å². The summed E-state index contributed by atoms with van der Waals surface area (Å²) in [7, 11) is 0. The number of carbonyl (C=O) groups excluding carboxylic acids is 3. The number of aryl methyl sites for hydroxylation is 1. The molecule has 0 aliphatic rings. The molecule has 0 fully saturated rings. The highest BCUT2D eigenvalue weighted by Crippen LogP contribution is 2.20. The topological polar surface area (TPSA) is 143 Å². The molecule has 266 valence electrons. The SMILES string of the molecule is CC(C)c1nc(CCC(=O)N[C@H](C(=O)N[C@@H](Cc2ccccc2)[C@@H](O)C[C@H](Cc2ccccc2)NC(=O)OCc2cccnc2)C(C)C)cs1. The van der Waals surface area contributed by atoms with Gasteiger partial charge in [0.25, 0.3) is 0 Å². The van der Waals surface area contributed by atoms with Crippen molar-refractivity contribution in [3.63, 3.8) is 0 Å². The smallest absolute Gasteiger partial charge is 0.407 e. The Morgan fingerprint density at radius 1 is 0.840 bits per heavy atom. The summed E-state index contributed by atoms with van der Waals surface area (Å²) in [5.41, 5.74) is 3.52. The van der Waals surface area contributed by atoms with Crippen molar-refractivity contribution >= 4 is 29.2 Å². The second-order valence-electron chi connectivity index (χ2n) is 13.2. The number of alkyl carbamates (subject to hydrolysis) is 1. The van der Waals surface area contributed by atoms with Gasteiger partial charge in [-0.05, 0) is 48.8 Å². The van der Waals surface area contributed by atoms with E-state index in [-0.39, 0.29) is 37.2 Å². The molecule has 4 aromatic rings. The van der Waals surface area contributed by atoms with Gasteiger partial charge in [0.05, 0.1) is 22.8 Å². The van der Waals surface area contributed by atoms with Crippen LogP contribution in [0.25, 0.3) is 0 Å². The predicted molar refractivity (Wildman–Crippen MR) is 195 cm³/mol. The molecule has 0 saturated carbocycles. The molecule has 0 saturated heterocycles. The van der Waals surface area contributed by atoms with E-state index in [0.717, 1.165) is 27.4 Å². The third-order valence-electron chi connectivity index (χ3n) is 8.29. The number of thiazole rings is 1. The van der Waals surface area contributed by atoms with Crippen molar-refractivity contribution in [3.05, 3.63) is 118 Å². The Kier molecular flexibility index (Phi) is 14.9. The summed E-state index contributed by atoms with van der Waals surface area (Å²) in [6.07, 6.45) is 3.22. The van der Waals surface area contributed by atoms with Gasteiger partial charge in [0.1, 0.15) is 12.6 Å². The van der Waals surface area contributed by atoms with Crippen molar-refractivity contribution in [1.29, 1.82) is 0 Å². The minimum atomic E-state index is -1.05. The number of hydrogen-bond acceptors (Lipinski definition) is 8. The molecule has 10 nitrogen and oxygen atoms in total. The molecule has 2 aromatic carbocycles. The number of hydrogen-bond donors (Lipinski definition) is 4. The minimum Gasteiger partial charge on any atom is -0.445 e. The lowest BCUT2D eigenvalue weighted by molar-refractivity contribution is -0.131. The molecule has 0 spiro atoms. The Morgan fingerprint density at radius 3 is 2.10 bits per heavy atom. The van der Waals surface area contributed by atoms with Crippen molar-refractivity contribution in [1.82, 2.24) is 25.9 Å². The van der Waals surface area contributed by atoms with Gasteiger partial charge in [-0.25, -0.2) is 9.78 Å². The van der Waals surface area contributed by atoms with Gasteiger partial charge in [0.2, 0.25) is 11.8 Å². The second-order valence-corrected chi connectivity index (χ2v) is 14.1. The van der Waals surface area contributed by atoms with E-state index in [0.29, 0.717) is 25.2 Å². The number of carbonyl (C=O) groups is 3. The molecule has 4 rings (SSSR count). The molecule has 4 N–H and O–H groups in total. The fraction of sp³-hybridized carbons (Fsp3) is 0.410. The summed E-state index contributed by atoms with van der Waals surface area (Å²) in [6.45, 7) is 7.97. The van der Waals surface area contributed by atoms with E-state index < -0.39 is 30.3 Å². The lowest BCUT2D eigenvalue weighted by Crippen LogP contribution is -2.55. The Bertz CT molecular complexity index is 1620. The molecular formula is C39H49N5O5S. The van der Waals surface area contributed by atoms with Gasteiger partial charge in [-0.1, -0.05) is 94.4 Å². The molecule has 0 aliphatic carbocycles. The van der Waals surface area contributed by atoms with Crippen LogP contribution in [0.1, 0.15) is 73.8 Å². The monoisotopic (exact) mass is 699 g/mol. The zero-order valence-corrected chi connectivity index (χ0v) is 30.1. The van der Waals surface area contributed by atoms with E-state index in [1.165, 1.54) is 0 Å². The summed E-state index contributed by atoms with van der Waals surface area (Å²) in [6, 6.07) is 20.8. The summed E-state index contributed by atoms with van der Waals surface area (Å²) in [5, 5.41) is 23.6. The molecule has 2 aromatic heterocycles. The maximum absolute atomic E-state index is 13.8. The number of nitrogens with zero attached hydrogens (tertiary/aromatic N) is 2. The van der Waals surface area contributed by atoms with Crippen LogP contribution < -0.4 is 16.0 Å². The van der Waals surface area contributed by atoms with Gasteiger partial charge in [0, 0.05) is 41.7 Å². The van der Waals surface area contributed by atoms with E-state index in [1.807, 2.05) is 86.0 Å². The lowest BCUT2D eigenvalue weighted by atomic mass is 9.93. The van der Waals surface area contributed by atoms with Crippen LogP contribution in [0.15, 0.2) is 90.6 Å². The first-order valence-electron chi connectivity index (χ1n) is 17.2. The summed E-state index contributed by atoms with van der Waals surface area (Å²) >= 11 is 1.59. The van der Waals surface area contributed by atoms with Crippen LogP contribution in [0.5, 0.6) is 0 Å². The van der Waals surface area contributed by atoms with E-state index in [4.69, 9.17) is 4.74 Å². The standard InChI is InChI=1S/C39H49N5O5S/c1-26(2)36(44-35(46)18-17-31-25-50-38(41-31)27(3)4)37(47)43-33(21-29-14-9-6-10-15-29)34(45)22-32(20-28-12-7-5-8-13-28)42-39(48)49-24-30-16-11-19-40-23-30/h5-16,19,23,25-27,32-34,36,45H,17-18,20-22,24H2,1-4H3,(H,42,48)(H,43,47)(H,44,46)/t32-,33-,34-,36-/m0/s1. The van der Waals surface area contributed by atoms with Gasteiger partial charge in [-0.15, -0.1) is 11.3 Å². The van der Waals surface area contributed by atoms with Crippen LogP contribution in [0.4, 0.5) is 4.79 Å². The van der Waals surface area contributed by atoms with E-state index in [1.54, 1.807) is 29.8 Å². The van der Waals surface area contributed by atoms with Crippen LogP contribution in [-0.4, -0.2) is 57.2 Å². The maximum Gasteiger partial charge on any atom is 0.407 e. The maximum atomic E-state index is 13.8. The predicted octanol–water partition coefficient (Wildman–Crippen LogP) is 5.75. The van der Waals surface area contributed by atoms with Gasteiger partial charge in [-0.2, -0.15) is 0 Å². The number of aromatic nitrogens is 2. The number of rotatable bonds is 18. The molecule has 0 radical (unpaired) electrons. The van der Waals surface area contributed by atoms with Gasteiger partial charge in [0.15, 0.2) is 0 Å². The molecule has 0 bridgehead atoms. The van der Waals surface area contributed by atoms with Crippen molar-refractivity contribution in [2.75, 3.05) is 0 Å². The number of aliphatic hydroxyl groups excluding tert-OH is 1. The number of benzene rings is 2. The van der Waals surface area contributed by atoms with Crippen LogP contribution >= 0.6 is 11.3 Å². The van der Waals surface area contributed by atoms with Crippen molar-refractivity contribution in [2.24, 2.45) is 5.92 Å². The third kappa shape index (κ3) is 12.7.